The number of amides is 1. The number of hydrogen-bond acceptors (Lipinski definition) is 8. The lowest BCUT2D eigenvalue weighted by Crippen LogP contribution is -2.67. The minimum Gasteiger partial charge on any atom is -0.459 e. The van der Waals surface area contributed by atoms with Crippen LogP contribution in [0.2, 0.25) is 0 Å². The van der Waals surface area contributed by atoms with Gasteiger partial charge in [0.05, 0.1) is 15.4 Å². The van der Waals surface area contributed by atoms with Crippen LogP contribution in [0.15, 0.2) is 53.4 Å². The molecule has 0 radical (unpaired) electrons. The van der Waals surface area contributed by atoms with E-state index in [0.29, 0.717) is 5.75 Å². The van der Waals surface area contributed by atoms with E-state index in [1.165, 1.54) is 62.4 Å². The number of esters is 1. The smallest absolute Gasteiger partial charge is 0.316 e. The van der Waals surface area contributed by atoms with Gasteiger partial charge in [-0.2, -0.15) is 4.72 Å². The summed E-state index contributed by atoms with van der Waals surface area (Å²) in [5, 5.41) is 11.0. The van der Waals surface area contributed by atoms with Crippen LogP contribution in [0, 0.1) is 5.82 Å². The van der Waals surface area contributed by atoms with Crippen molar-refractivity contribution in [1.29, 1.82) is 0 Å². The number of halogens is 1. The number of carbonyl (C=O) groups is 2. The summed E-state index contributed by atoms with van der Waals surface area (Å²) in [7, 11) is -4.44. The second-order valence-electron chi connectivity index (χ2n) is 9.09. The lowest BCUT2D eigenvalue weighted by molar-refractivity contribution is -0.151. The van der Waals surface area contributed by atoms with Gasteiger partial charge < -0.3 is 20.3 Å². The van der Waals surface area contributed by atoms with Gasteiger partial charge in [0, 0.05) is 0 Å². The number of hydrogen-bond donors (Lipinski definition) is 3. The minimum atomic E-state index is -4.44. The van der Waals surface area contributed by atoms with Crippen molar-refractivity contribution in [1.82, 2.24) is 4.72 Å². The highest BCUT2D eigenvalue weighted by atomic mass is 32.2. The van der Waals surface area contributed by atoms with E-state index in [4.69, 9.17) is 15.2 Å². The zero-order valence-electron chi connectivity index (χ0n) is 20.0. The van der Waals surface area contributed by atoms with Crippen molar-refractivity contribution in [3.63, 3.8) is 0 Å². The molecule has 2 rings (SSSR count). The number of nitrogens with one attached hydrogen (secondary N) is 1. The molecule has 0 bridgehead atoms. The molecular weight excluding hydrogens is 499 g/mol. The van der Waals surface area contributed by atoms with Crippen molar-refractivity contribution < 1.29 is 37.0 Å². The Morgan fingerprint density at radius 2 is 1.49 bits per heavy atom. The molecule has 0 saturated heterocycles. The second kappa shape index (κ2) is 10.5. The fraction of sp³-hybridized carbons (Fsp3) is 0.391. The zero-order chi connectivity index (χ0) is 26.7. The quantitative estimate of drug-likeness (QED) is 0.315. The Morgan fingerprint density at radius 1 is 1.00 bits per heavy atom. The summed E-state index contributed by atoms with van der Waals surface area (Å²) >= 11 is 0.804. The molecular formula is C23H29FN2O7S2. The maximum Gasteiger partial charge on any atom is 0.316 e. The standard InChI is InChI=1S/C23H29FN2O7S2/c1-21(2,3)33-19(27)14-34-22(4,5)23(29,20(25)28)26-35(30,31)18-12-10-17(11-13-18)32-16-8-6-15(24)7-9-16/h6-13,26,29H,14H2,1-5H3,(H2,25,28). The largest absolute Gasteiger partial charge is 0.459 e. The van der Waals surface area contributed by atoms with Crippen LogP contribution >= 0.6 is 11.8 Å². The molecule has 192 valence electrons. The first-order valence-electron chi connectivity index (χ1n) is 10.4. The van der Waals surface area contributed by atoms with Gasteiger partial charge in [-0.1, -0.05) is 0 Å². The molecule has 0 aromatic heterocycles. The highest BCUT2D eigenvalue weighted by molar-refractivity contribution is 8.01. The highest BCUT2D eigenvalue weighted by Crippen LogP contribution is 2.36. The number of carbonyl (C=O) groups excluding carboxylic acids is 2. The van der Waals surface area contributed by atoms with E-state index in [2.05, 4.69) is 0 Å². The number of nitrogens with two attached hydrogens (primary N) is 1. The summed E-state index contributed by atoms with van der Waals surface area (Å²) < 4.78 is 50.1. The van der Waals surface area contributed by atoms with Gasteiger partial charge in [0.25, 0.3) is 5.91 Å². The van der Waals surface area contributed by atoms with Gasteiger partial charge in [-0.3, -0.25) is 9.59 Å². The van der Waals surface area contributed by atoms with Gasteiger partial charge in [-0.15, -0.1) is 11.8 Å². The van der Waals surface area contributed by atoms with Crippen LogP contribution < -0.4 is 15.2 Å². The van der Waals surface area contributed by atoms with Crippen molar-refractivity contribution in [3.8, 4) is 11.5 Å². The molecule has 2 aromatic carbocycles. The molecule has 0 fully saturated rings. The predicted molar refractivity (Wildman–Crippen MR) is 130 cm³/mol. The van der Waals surface area contributed by atoms with Gasteiger partial charge in [0.1, 0.15) is 22.9 Å². The van der Waals surface area contributed by atoms with Crippen LogP contribution in [0.4, 0.5) is 4.39 Å². The summed E-state index contributed by atoms with van der Waals surface area (Å²) in [6.45, 7) is 7.80. The average molecular weight is 529 g/mol. The third-order valence-electron chi connectivity index (χ3n) is 4.66. The average Bonchev–Trinajstić information content (AvgIpc) is 2.72. The summed E-state index contributed by atoms with van der Waals surface area (Å²) in [5.74, 6) is -2.04. The maximum absolute atomic E-state index is 13.0. The molecule has 0 saturated carbocycles. The van der Waals surface area contributed by atoms with Gasteiger partial charge >= 0.3 is 5.97 Å². The number of sulfonamides is 1. The van der Waals surface area contributed by atoms with Crippen molar-refractivity contribution >= 4 is 33.7 Å². The Bertz CT molecular complexity index is 1160. The fourth-order valence-electron chi connectivity index (χ4n) is 2.76. The summed E-state index contributed by atoms with van der Waals surface area (Å²) in [6.07, 6.45) is 0. The number of thioether (sulfide) groups is 1. The Kier molecular flexibility index (Phi) is 8.59. The maximum atomic E-state index is 13.0. The van der Waals surface area contributed by atoms with E-state index in [0.717, 1.165) is 11.8 Å². The van der Waals surface area contributed by atoms with Gasteiger partial charge in [-0.05, 0) is 83.1 Å². The summed E-state index contributed by atoms with van der Waals surface area (Å²) in [6, 6.07) is 10.3. The number of rotatable bonds is 10. The third kappa shape index (κ3) is 7.66. The lowest BCUT2D eigenvalue weighted by atomic mass is 9.99. The third-order valence-corrected chi connectivity index (χ3v) is 7.52. The van der Waals surface area contributed by atoms with Crippen LogP contribution in [0.5, 0.6) is 11.5 Å². The van der Waals surface area contributed by atoms with E-state index in [9.17, 15) is 27.5 Å². The van der Waals surface area contributed by atoms with Gasteiger partial charge in [-0.25, -0.2) is 12.8 Å². The molecule has 4 N–H and O–H groups in total. The Labute approximate surface area is 208 Å². The Morgan fingerprint density at radius 3 is 1.94 bits per heavy atom. The molecule has 1 atom stereocenters. The first kappa shape index (κ1) is 28.6. The summed E-state index contributed by atoms with van der Waals surface area (Å²) in [4.78, 5) is 24.0. The molecule has 12 heteroatoms. The van der Waals surface area contributed by atoms with Crippen molar-refractivity contribution in [2.24, 2.45) is 5.73 Å². The predicted octanol–water partition coefficient (Wildman–Crippen LogP) is 2.92. The van der Waals surface area contributed by atoms with Crippen molar-refractivity contribution in [2.75, 3.05) is 5.75 Å². The molecule has 0 aliphatic heterocycles. The number of ether oxygens (including phenoxy) is 2. The van der Waals surface area contributed by atoms with Gasteiger partial charge in [0.2, 0.25) is 15.7 Å². The molecule has 0 aliphatic carbocycles. The molecule has 35 heavy (non-hydrogen) atoms. The van der Waals surface area contributed by atoms with E-state index in [-0.39, 0.29) is 16.4 Å². The Hall–Kier alpha value is -2.67. The molecule has 9 nitrogen and oxygen atoms in total. The number of aliphatic hydroxyl groups is 1. The van der Waals surface area contributed by atoms with Crippen molar-refractivity contribution in [2.45, 2.75) is 55.6 Å². The molecule has 0 aliphatic rings. The van der Waals surface area contributed by atoms with Crippen LogP contribution in [-0.2, 0) is 24.3 Å². The number of primary amides is 1. The normalized spacial score (nSPS) is 14.1. The van der Waals surface area contributed by atoms with Crippen LogP contribution in [-0.4, -0.2) is 47.2 Å². The topological polar surface area (TPSA) is 145 Å². The van der Waals surface area contributed by atoms with Crippen LogP contribution in [0.25, 0.3) is 0 Å². The van der Waals surface area contributed by atoms with E-state index < -0.39 is 43.8 Å². The fourth-order valence-corrected chi connectivity index (χ4v) is 5.08. The first-order chi connectivity index (χ1) is 15.9. The Balaban J connectivity index is 2.20. The number of benzene rings is 2. The molecule has 0 heterocycles. The first-order valence-corrected chi connectivity index (χ1v) is 12.9. The van der Waals surface area contributed by atoms with Gasteiger partial charge in [0.15, 0.2) is 0 Å². The molecule has 0 spiro atoms. The van der Waals surface area contributed by atoms with E-state index >= 15 is 0 Å². The minimum absolute atomic E-state index is 0.267. The lowest BCUT2D eigenvalue weighted by Gasteiger charge is -2.39. The monoisotopic (exact) mass is 528 g/mol. The van der Waals surface area contributed by atoms with Crippen LogP contribution in [0.3, 0.4) is 0 Å². The molecule has 1 unspecified atom stereocenters. The molecule has 2 aromatic rings. The highest BCUT2D eigenvalue weighted by Gasteiger charge is 2.52. The second-order valence-corrected chi connectivity index (χ2v) is 12.4. The van der Waals surface area contributed by atoms with E-state index in [1.807, 2.05) is 4.72 Å². The van der Waals surface area contributed by atoms with E-state index in [1.54, 1.807) is 20.8 Å². The zero-order valence-corrected chi connectivity index (χ0v) is 21.6. The SMILES string of the molecule is CC(C)(C)OC(=O)CSC(C)(C)C(O)(NS(=O)(=O)c1ccc(Oc2ccc(F)cc2)cc1)C(N)=O. The van der Waals surface area contributed by atoms with Crippen LogP contribution in [0.1, 0.15) is 34.6 Å². The molecule has 1 amide bonds. The van der Waals surface area contributed by atoms with Crippen molar-refractivity contribution in [3.05, 3.63) is 54.3 Å². The summed E-state index contributed by atoms with van der Waals surface area (Å²) in [5.41, 5.74) is 1.89.